The number of nitrogens with one attached hydrogen (secondary N) is 1. The Hall–Kier alpha value is -3.27. The van der Waals surface area contributed by atoms with Gasteiger partial charge in [0.25, 0.3) is 5.91 Å². The highest BCUT2D eigenvalue weighted by atomic mass is 16.5. The van der Waals surface area contributed by atoms with Gasteiger partial charge in [0.15, 0.2) is 6.61 Å². The Morgan fingerprint density at radius 2 is 1.54 bits per heavy atom. The number of nitrogens with zero attached hydrogens (tertiary/aromatic N) is 1. The first-order valence-electron chi connectivity index (χ1n) is 9.72. The molecule has 0 bridgehead atoms. The molecular weight excluding hydrogens is 348 g/mol. The molecule has 0 aromatic heterocycles. The summed E-state index contributed by atoms with van der Waals surface area (Å²) in [6.45, 7) is 2.19. The molecule has 1 aliphatic heterocycles. The van der Waals surface area contributed by atoms with Gasteiger partial charge >= 0.3 is 0 Å². The highest BCUT2D eigenvalue weighted by molar-refractivity contribution is 5.92. The molecule has 0 saturated carbocycles. The van der Waals surface area contributed by atoms with Crippen molar-refractivity contribution in [3.8, 4) is 16.9 Å². The van der Waals surface area contributed by atoms with Crippen molar-refractivity contribution < 1.29 is 9.53 Å². The molecule has 4 heteroatoms. The molecule has 4 nitrogen and oxygen atoms in total. The summed E-state index contributed by atoms with van der Waals surface area (Å²) < 4.78 is 5.81. The molecule has 0 aliphatic carbocycles. The molecule has 4 rings (SSSR count). The number of para-hydroxylation sites is 1. The molecule has 3 aromatic carbocycles. The predicted molar refractivity (Wildman–Crippen MR) is 114 cm³/mol. The van der Waals surface area contributed by atoms with E-state index in [1.165, 1.54) is 18.5 Å². The zero-order valence-corrected chi connectivity index (χ0v) is 15.8. The normalized spacial score (nSPS) is 13.4. The standard InChI is InChI=1S/C24H24N2O2/c27-24(25-20-12-14-21(15-13-20)26-16-6-7-17-26)18-28-23-11-5-4-10-22(23)19-8-2-1-3-9-19/h1-5,8-15H,6-7,16-18H2,(H,25,27). The molecule has 0 unspecified atom stereocenters. The second kappa shape index (κ2) is 8.61. The van der Waals surface area contributed by atoms with Gasteiger partial charge in [-0.15, -0.1) is 0 Å². The van der Waals surface area contributed by atoms with Gasteiger partial charge in [-0.2, -0.15) is 0 Å². The molecule has 1 saturated heterocycles. The van der Waals surface area contributed by atoms with Gasteiger partial charge in [-0.3, -0.25) is 4.79 Å². The molecule has 1 heterocycles. The first-order chi connectivity index (χ1) is 13.8. The van der Waals surface area contributed by atoms with Gasteiger partial charge in [0.05, 0.1) is 0 Å². The number of ether oxygens (including phenoxy) is 1. The van der Waals surface area contributed by atoms with E-state index in [9.17, 15) is 4.79 Å². The third kappa shape index (κ3) is 4.34. The van der Waals surface area contributed by atoms with E-state index < -0.39 is 0 Å². The van der Waals surface area contributed by atoms with E-state index in [0.717, 1.165) is 29.9 Å². The van der Waals surface area contributed by atoms with Gasteiger partial charge in [0, 0.05) is 30.0 Å². The topological polar surface area (TPSA) is 41.6 Å². The van der Waals surface area contributed by atoms with Crippen LogP contribution in [0.2, 0.25) is 0 Å². The minimum atomic E-state index is -0.170. The Balaban J connectivity index is 1.36. The van der Waals surface area contributed by atoms with Crippen molar-refractivity contribution in [2.24, 2.45) is 0 Å². The van der Waals surface area contributed by atoms with Crippen LogP contribution < -0.4 is 15.0 Å². The smallest absolute Gasteiger partial charge is 0.262 e. The molecule has 1 N–H and O–H groups in total. The first-order valence-corrected chi connectivity index (χ1v) is 9.72. The van der Waals surface area contributed by atoms with E-state index in [2.05, 4.69) is 22.3 Å². The van der Waals surface area contributed by atoms with E-state index >= 15 is 0 Å². The third-order valence-corrected chi connectivity index (χ3v) is 4.95. The minimum Gasteiger partial charge on any atom is -0.483 e. The van der Waals surface area contributed by atoms with Crippen LogP contribution in [-0.2, 0) is 4.79 Å². The second-order valence-electron chi connectivity index (χ2n) is 6.94. The second-order valence-corrected chi connectivity index (χ2v) is 6.94. The fourth-order valence-electron chi connectivity index (χ4n) is 3.52. The Labute approximate surface area is 165 Å². The van der Waals surface area contributed by atoms with Crippen LogP contribution in [0.3, 0.4) is 0 Å². The Bertz CT molecular complexity index is 917. The fraction of sp³-hybridized carbons (Fsp3) is 0.208. The quantitative estimate of drug-likeness (QED) is 0.664. The van der Waals surface area contributed by atoms with E-state index in [4.69, 9.17) is 4.74 Å². The van der Waals surface area contributed by atoms with Crippen molar-refractivity contribution >= 4 is 17.3 Å². The lowest BCUT2D eigenvalue weighted by Crippen LogP contribution is -2.20. The summed E-state index contributed by atoms with van der Waals surface area (Å²) in [7, 11) is 0. The number of hydrogen-bond acceptors (Lipinski definition) is 3. The van der Waals surface area contributed by atoms with E-state index in [0.29, 0.717) is 5.75 Å². The van der Waals surface area contributed by atoms with Crippen LogP contribution in [0.25, 0.3) is 11.1 Å². The number of carbonyl (C=O) groups is 1. The summed E-state index contributed by atoms with van der Waals surface area (Å²) in [5, 5.41) is 2.91. The summed E-state index contributed by atoms with van der Waals surface area (Å²) in [6, 6.07) is 25.8. The maximum atomic E-state index is 12.3. The van der Waals surface area contributed by atoms with Crippen molar-refractivity contribution in [3.63, 3.8) is 0 Å². The van der Waals surface area contributed by atoms with Crippen LogP contribution in [0.1, 0.15) is 12.8 Å². The van der Waals surface area contributed by atoms with Gasteiger partial charge in [0.2, 0.25) is 0 Å². The van der Waals surface area contributed by atoms with Crippen LogP contribution >= 0.6 is 0 Å². The summed E-state index contributed by atoms with van der Waals surface area (Å²) in [5.41, 5.74) is 4.04. The van der Waals surface area contributed by atoms with Crippen molar-refractivity contribution in [1.82, 2.24) is 0 Å². The number of carbonyl (C=O) groups excluding carboxylic acids is 1. The molecule has 3 aromatic rings. The van der Waals surface area contributed by atoms with E-state index in [-0.39, 0.29) is 12.5 Å². The van der Waals surface area contributed by atoms with Crippen LogP contribution in [0.4, 0.5) is 11.4 Å². The minimum absolute atomic E-state index is 0.0300. The van der Waals surface area contributed by atoms with Gasteiger partial charge in [-0.25, -0.2) is 0 Å². The number of amides is 1. The summed E-state index contributed by atoms with van der Waals surface area (Å²) in [4.78, 5) is 14.7. The average Bonchev–Trinajstić information content (AvgIpc) is 3.29. The summed E-state index contributed by atoms with van der Waals surface area (Å²) in [6.07, 6.45) is 2.50. The van der Waals surface area contributed by atoms with Crippen LogP contribution in [0, 0.1) is 0 Å². The molecule has 142 valence electrons. The zero-order chi connectivity index (χ0) is 19.2. The summed E-state index contributed by atoms with van der Waals surface area (Å²) in [5.74, 6) is 0.532. The Kier molecular flexibility index (Phi) is 5.57. The van der Waals surface area contributed by atoms with Crippen LogP contribution in [0.15, 0.2) is 78.9 Å². The fourth-order valence-corrected chi connectivity index (χ4v) is 3.52. The lowest BCUT2D eigenvalue weighted by molar-refractivity contribution is -0.118. The number of anilines is 2. The predicted octanol–water partition coefficient (Wildman–Crippen LogP) is 4.97. The monoisotopic (exact) mass is 372 g/mol. The Morgan fingerprint density at radius 3 is 2.29 bits per heavy atom. The van der Waals surface area contributed by atoms with E-state index in [1.54, 1.807) is 0 Å². The first kappa shape index (κ1) is 18.1. The maximum absolute atomic E-state index is 12.3. The highest BCUT2D eigenvalue weighted by Crippen LogP contribution is 2.29. The van der Waals surface area contributed by atoms with Crippen molar-refractivity contribution in [2.75, 3.05) is 29.9 Å². The number of rotatable bonds is 6. The van der Waals surface area contributed by atoms with Crippen molar-refractivity contribution in [1.29, 1.82) is 0 Å². The van der Waals surface area contributed by atoms with Crippen LogP contribution in [-0.4, -0.2) is 25.6 Å². The average molecular weight is 372 g/mol. The molecule has 0 spiro atoms. The molecule has 1 fully saturated rings. The third-order valence-electron chi connectivity index (χ3n) is 4.95. The van der Waals surface area contributed by atoms with E-state index in [1.807, 2.05) is 66.7 Å². The SMILES string of the molecule is O=C(COc1ccccc1-c1ccccc1)Nc1ccc(N2CCCC2)cc1. The van der Waals surface area contributed by atoms with Crippen molar-refractivity contribution in [3.05, 3.63) is 78.9 Å². The molecular formula is C24H24N2O2. The molecule has 28 heavy (non-hydrogen) atoms. The van der Waals surface area contributed by atoms with Gasteiger partial charge in [-0.1, -0.05) is 48.5 Å². The van der Waals surface area contributed by atoms with Gasteiger partial charge in [0.1, 0.15) is 5.75 Å². The zero-order valence-electron chi connectivity index (χ0n) is 15.8. The molecule has 0 atom stereocenters. The summed E-state index contributed by atoms with van der Waals surface area (Å²) >= 11 is 0. The Morgan fingerprint density at radius 1 is 0.857 bits per heavy atom. The molecule has 1 amide bonds. The molecule has 1 aliphatic rings. The van der Waals surface area contributed by atoms with Crippen LogP contribution in [0.5, 0.6) is 5.75 Å². The van der Waals surface area contributed by atoms with Gasteiger partial charge < -0.3 is 15.0 Å². The van der Waals surface area contributed by atoms with Crippen molar-refractivity contribution in [2.45, 2.75) is 12.8 Å². The lowest BCUT2D eigenvalue weighted by atomic mass is 10.1. The highest BCUT2D eigenvalue weighted by Gasteiger charge is 2.12. The van der Waals surface area contributed by atoms with Gasteiger partial charge in [-0.05, 0) is 48.7 Å². The largest absolute Gasteiger partial charge is 0.483 e. The number of hydrogen-bond donors (Lipinski definition) is 1. The lowest BCUT2D eigenvalue weighted by Gasteiger charge is -2.18. The molecule has 0 radical (unpaired) electrons. The number of benzene rings is 3. The maximum Gasteiger partial charge on any atom is 0.262 e.